The summed E-state index contributed by atoms with van der Waals surface area (Å²) in [7, 11) is 0. The third-order valence-electron chi connectivity index (χ3n) is 2.83. The second-order valence-electron chi connectivity index (χ2n) is 3.99. The highest BCUT2D eigenvalue weighted by atomic mass is 14.4. The molecule has 2 rings (SSSR count). The largest absolute Gasteiger partial charge is 0.0622 e. The molecule has 2 aliphatic carbocycles. The van der Waals surface area contributed by atoms with E-state index in [4.69, 9.17) is 0 Å². The van der Waals surface area contributed by atoms with Crippen LogP contribution < -0.4 is 0 Å². The zero-order valence-electron chi connectivity index (χ0n) is 6.27. The normalized spacial score (nSPS) is 30.3. The van der Waals surface area contributed by atoms with Gasteiger partial charge in [0.2, 0.25) is 0 Å². The highest BCUT2D eigenvalue weighted by Gasteiger charge is 2.32. The van der Waals surface area contributed by atoms with Crippen LogP contribution in [-0.2, 0) is 0 Å². The molecule has 0 nitrogen and oxygen atoms in total. The molecule has 2 aliphatic rings. The molecule has 0 spiro atoms. The van der Waals surface area contributed by atoms with Crippen LogP contribution in [0.15, 0.2) is 0 Å². The van der Waals surface area contributed by atoms with Gasteiger partial charge in [-0.25, -0.2) is 0 Å². The Bertz CT molecular complexity index is 98.6. The maximum Gasteiger partial charge on any atom is -0.0388 e. The lowest BCUT2D eigenvalue weighted by Gasteiger charge is -2.06. The number of rotatable bonds is 3. The van der Waals surface area contributed by atoms with E-state index in [0.717, 1.165) is 17.8 Å². The van der Waals surface area contributed by atoms with Gasteiger partial charge < -0.3 is 0 Å². The first-order valence-electron chi connectivity index (χ1n) is 4.36. The molecular weight excluding hydrogens is 108 g/mol. The van der Waals surface area contributed by atoms with Gasteiger partial charge in [0.05, 0.1) is 0 Å². The second kappa shape index (κ2) is 2.00. The average Bonchev–Trinajstić information content (AvgIpc) is 2.62. The number of hydrogen-bond donors (Lipinski definition) is 0. The Morgan fingerprint density at radius 3 is 2.33 bits per heavy atom. The van der Waals surface area contributed by atoms with Gasteiger partial charge in [0, 0.05) is 0 Å². The lowest BCUT2D eigenvalue weighted by Crippen LogP contribution is -1.97. The Labute approximate surface area is 57.6 Å². The standard InChI is InChI=1S/C9H16/c1-7(9-4-5-9)6-8-2-3-8/h7-9H,2-6H2,1H3. The zero-order valence-corrected chi connectivity index (χ0v) is 6.27. The van der Waals surface area contributed by atoms with Gasteiger partial charge in [0.25, 0.3) is 0 Å². The predicted molar refractivity (Wildman–Crippen MR) is 39.2 cm³/mol. The molecule has 0 bridgehead atoms. The van der Waals surface area contributed by atoms with Crippen LogP contribution in [0.3, 0.4) is 0 Å². The Morgan fingerprint density at radius 2 is 1.89 bits per heavy atom. The van der Waals surface area contributed by atoms with Crippen molar-refractivity contribution in [3.05, 3.63) is 0 Å². The van der Waals surface area contributed by atoms with Crippen molar-refractivity contribution in [2.75, 3.05) is 0 Å². The van der Waals surface area contributed by atoms with Crippen LogP contribution in [0, 0.1) is 17.8 Å². The third-order valence-corrected chi connectivity index (χ3v) is 2.83. The van der Waals surface area contributed by atoms with Gasteiger partial charge >= 0.3 is 0 Å². The van der Waals surface area contributed by atoms with Crippen molar-refractivity contribution in [2.24, 2.45) is 17.8 Å². The van der Waals surface area contributed by atoms with Crippen LogP contribution in [0.5, 0.6) is 0 Å². The molecular formula is C9H16. The van der Waals surface area contributed by atoms with Crippen molar-refractivity contribution in [1.82, 2.24) is 0 Å². The minimum atomic E-state index is 1.07. The van der Waals surface area contributed by atoms with Gasteiger partial charge in [-0.15, -0.1) is 0 Å². The monoisotopic (exact) mass is 124 g/mol. The van der Waals surface area contributed by atoms with E-state index in [0.29, 0.717) is 0 Å². The van der Waals surface area contributed by atoms with E-state index < -0.39 is 0 Å². The van der Waals surface area contributed by atoms with E-state index in [9.17, 15) is 0 Å². The molecule has 9 heavy (non-hydrogen) atoms. The van der Waals surface area contributed by atoms with Crippen LogP contribution in [0.25, 0.3) is 0 Å². The summed E-state index contributed by atoms with van der Waals surface area (Å²) in [6.45, 7) is 2.44. The summed E-state index contributed by atoms with van der Waals surface area (Å²) in [6.07, 6.45) is 7.70. The zero-order chi connectivity index (χ0) is 6.27. The lowest BCUT2D eigenvalue weighted by atomic mass is 10.00. The maximum atomic E-state index is 2.44. The minimum absolute atomic E-state index is 1.07. The van der Waals surface area contributed by atoms with Gasteiger partial charge in [-0.3, -0.25) is 0 Å². The molecule has 2 fully saturated rings. The number of hydrogen-bond acceptors (Lipinski definition) is 0. The van der Waals surface area contributed by atoms with Crippen molar-refractivity contribution in [3.8, 4) is 0 Å². The summed E-state index contributed by atoms with van der Waals surface area (Å²) in [5.74, 6) is 3.36. The van der Waals surface area contributed by atoms with E-state index in [2.05, 4.69) is 6.92 Å². The summed E-state index contributed by atoms with van der Waals surface area (Å²) >= 11 is 0. The van der Waals surface area contributed by atoms with Crippen LogP contribution in [0.1, 0.15) is 39.0 Å². The third kappa shape index (κ3) is 1.47. The van der Waals surface area contributed by atoms with Gasteiger partial charge in [-0.1, -0.05) is 19.8 Å². The SMILES string of the molecule is CC(CC1CC1)C1CC1. The van der Waals surface area contributed by atoms with Gasteiger partial charge in [-0.05, 0) is 37.0 Å². The molecule has 0 radical (unpaired) electrons. The van der Waals surface area contributed by atoms with Crippen LogP contribution in [-0.4, -0.2) is 0 Å². The molecule has 1 atom stereocenters. The smallest absolute Gasteiger partial charge is 0.0388 e. The second-order valence-corrected chi connectivity index (χ2v) is 3.99. The van der Waals surface area contributed by atoms with E-state index in [1.165, 1.54) is 25.7 Å². The minimum Gasteiger partial charge on any atom is -0.0622 e. The molecule has 0 aliphatic heterocycles. The van der Waals surface area contributed by atoms with Crippen LogP contribution >= 0.6 is 0 Å². The molecule has 0 amide bonds. The molecule has 0 N–H and O–H groups in total. The van der Waals surface area contributed by atoms with Crippen LogP contribution in [0.2, 0.25) is 0 Å². The molecule has 0 aromatic heterocycles. The fourth-order valence-electron chi connectivity index (χ4n) is 1.74. The first-order valence-corrected chi connectivity index (χ1v) is 4.36. The average molecular weight is 124 g/mol. The molecule has 0 heteroatoms. The van der Waals surface area contributed by atoms with E-state index in [1.54, 1.807) is 6.42 Å². The molecule has 52 valence electrons. The van der Waals surface area contributed by atoms with Crippen molar-refractivity contribution < 1.29 is 0 Å². The summed E-state index contributed by atoms with van der Waals surface area (Å²) in [4.78, 5) is 0. The van der Waals surface area contributed by atoms with E-state index in [-0.39, 0.29) is 0 Å². The van der Waals surface area contributed by atoms with Crippen molar-refractivity contribution >= 4 is 0 Å². The first-order chi connectivity index (χ1) is 4.36. The van der Waals surface area contributed by atoms with E-state index >= 15 is 0 Å². The molecule has 0 heterocycles. The Morgan fingerprint density at radius 1 is 1.22 bits per heavy atom. The molecule has 0 aromatic carbocycles. The Kier molecular flexibility index (Phi) is 1.28. The van der Waals surface area contributed by atoms with E-state index in [1.807, 2.05) is 0 Å². The quantitative estimate of drug-likeness (QED) is 0.542. The van der Waals surface area contributed by atoms with Crippen LogP contribution in [0.4, 0.5) is 0 Å². The fourth-order valence-corrected chi connectivity index (χ4v) is 1.74. The molecule has 1 unspecified atom stereocenters. The van der Waals surface area contributed by atoms with Crippen molar-refractivity contribution in [2.45, 2.75) is 39.0 Å². The van der Waals surface area contributed by atoms with Gasteiger partial charge in [0.1, 0.15) is 0 Å². The Balaban J connectivity index is 1.69. The summed E-state index contributed by atoms with van der Waals surface area (Å²) < 4.78 is 0. The first kappa shape index (κ1) is 5.76. The highest BCUT2D eigenvalue weighted by molar-refractivity contribution is 4.83. The Hall–Kier alpha value is 0. The van der Waals surface area contributed by atoms with Gasteiger partial charge in [-0.2, -0.15) is 0 Å². The molecule has 2 saturated carbocycles. The summed E-state index contributed by atoms with van der Waals surface area (Å²) in [6, 6.07) is 0. The summed E-state index contributed by atoms with van der Waals surface area (Å²) in [5.41, 5.74) is 0. The molecule has 0 saturated heterocycles. The van der Waals surface area contributed by atoms with Gasteiger partial charge in [0.15, 0.2) is 0 Å². The van der Waals surface area contributed by atoms with Crippen molar-refractivity contribution in [1.29, 1.82) is 0 Å². The van der Waals surface area contributed by atoms with Crippen molar-refractivity contribution in [3.63, 3.8) is 0 Å². The lowest BCUT2D eigenvalue weighted by molar-refractivity contribution is 0.442. The topological polar surface area (TPSA) is 0 Å². The predicted octanol–water partition coefficient (Wildman–Crippen LogP) is 2.83. The summed E-state index contributed by atoms with van der Waals surface area (Å²) in [5, 5.41) is 0. The highest BCUT2D eigenvalue weighted by Crippen LogP contribution is 2.44. The fraction of sp³-hybridized carbons (Fsp3) is 1.00. The maximum absolute atomic E-state index is 2.44. The molecule has 0 aromatic rings.